The first kappa shape index (κ1) is 29.8. The molecule has 7 heteroatoms. The van der Waals surface area contributed by atoms with Crippen LogP contribution in [0.1, 0.15) is 40.9 Å². The highest BCUT2D eigenvalue weighted by molar-refractivity contribution is 6.48. The van der Waals surface area contributed by atoms with Gasteiger partial charge in [-0.3, -0.25) is 0 Å². The van der Waals surface area contributed by atoms with Gasteiger partial charge in [0.05, 0.1) is 32.0 Å². The van der Waals surface area contributed by atoms with Crippen molar-refractivity contribution < 1.29 is 28.3 Å². The zero-order valence-corrected chi connectivity index (χ0v) is 24.6. The lowest BCUT2D eigenvalue weighted by Gasteiger charge is -2.25. The Hall–Kier alpha value is -3.30. The molecule has 0 aromatic heterocycles. The molecule has 1 saturated heterocycles. The highest BCUT2D eigenvalue weighted by atomic mass is 16.7. The third-order valence-corrected chi connectivity index (χ3v) is 8.16. The number of benzene rings is 4. The third kappa shape index (κ3) is 7.81. The zero-order chi connectivity index (χ0) is 29.3. The lowest BCUT2D eigenvalue weighted by molar-refractivity contribution is -0.0345. The molecule has 0 radical (unpaired) electrons. The quantitative estimate of drug-likeness (QED) is 0.0871. The molecular formula is C36H39BO6. The Morgan fingerprint density at radius 2 is 1.00 bits per heavy atom. The van der Waals surface area contributed by atoms with E-state index in [-0.39, 0.29) is 37.4 Å². The van der Waals surface area contributed by atoms with E-state index in [1.54, 1.807) is 7.11 Å². The molecule has 1 heterocycles. The van der Waals surface area contributed by atoms with Crippen molar-refractivity contribution in [2.24, 2.45) is 5.92 Å². The van der Waals surface area contributed by atoms with Crippen LogP contribution in [-0.2, 0) is 28.3 Å². The smallest absolute Gasteiger partial charge is 0.403 e. The van der Waals surface area contributed by atoms with Crippen LogP contribution in [-0.4, -0.2) is 53.0 Å². The minimum atomic E-state index is -0.322. The van der Waals surface area contributed by atoms with Crippen molar-refractivity contribution in [2.75, 3.05) is 33.7 Å². The molecule has 0 N–H and O–H groups in total. The van der Waals surface area contributed by atoms with Crippen molar-refractivity contribution in [1.82, 2.24) is 0 Å². The predicted molar refractivity (Wildman–Crippen MR) is 167 cm³/mol. The first-order valence-electron chi connectivity index (χ1n) is 15.1. The van der Waals surface area contributed by atoms with Crippen molar-refractivity contribution in [3.05, 3.63) is 144 Å². The van der Waals surface area contributed by atoms with Gasteiger partial charge in [-0.15, -0.1) is 0 Å². The summed E-state index contributed by atoms with van der Waals surface area (Å²) in [7, 11) is 1.32. The SMILES string of the molecule is COCOC[C@H]1C[C@@H]1B1O[C@H](COC(c2ccccc2)c2ccccc2)[C@@H](COC(c2ccccc2)c2ccccc2)O1. The van der Waals surface area contributed by atoms with Crippen LogP contribution in [0.5, 0.6) is 0 Å². The number of ether oxygens (including phenoxy) is 4. The molecule has 0 unspecified atom stereocenters. The van der Waals surface area contributed by atoms with Gasteiger partial charge in [-0.25, -0.2) is 0 Å². The second kappa shape index (κ2) is 14.9. The molecule has 222 valence electrons. The fourth-order valence-corrected chi connectivity index (χ4v) is 5.79. The standard InChI is InChI=1S/C36H39BO6/c1-38-26-39-23-31-22-32(31)37-42-33(24-40-35(27-14-6-2-7-15-27)28-16-8-3-9-17-28)34(43-37)25-41-36(29-18-10-4-11-19-29)30-20-12-5-13-21-30/h2-21,31-36H,22-26H2,1H3/t31-,32+,33-,34-/m1/s1. The van der Waals surface area contributed by atoms with Crippen molar-refractivity contribution in [3.8, 4) is 0 Å². The summed E-state index contributed by atoms with van der Waals surface area (Å²) in [5.74, 6) is 0.673. The predicted octanol–water partition coefficient (Wildman–Crippen LogP) is 6.88. The molecule has 6 nitrogen and oxygen atoms in total. The summed E-state index contributed by atoms with van der Waals surface area (Å²) in [6.45, 7) is 1.68. The van der Waals surface area contributed by atoms with E-state index < -0.39 is 0 Å². The number of hydrogen-bond donors (Lipinski definition) is 0. The van der Waals surface area contributed by atoms with Gasteiger partial charge >= 0.3 is 7.12 Å². The molecular weight excluding hydrogens is 539 g/mol. The van der Waals surface area contributed by atoms with Gasteiger partial charge in [0, 0.05) is 7.11 Å². The largest absolute Gasteiger partial charge is 0.461 e. The maximum Gasteiger partial charge on any atom is 0.461 e. The van der Waals surface area contributed by atoms with Crippen LogP contribution in [0, 0.1) is 5.92 Å². The second-order valence-corrected chi connectivity index (χ2v) is 11.2. The van der Waals surface area contributed by atoms with Crippen molar-refractivity contribution >= 4 is 7.12 Å². The Labute approximate surface area is 255 Å². The maximum atomic E-state index is 6.66. The topological polar surface area (TPSA) is 55.4 Å². The van der Waals surface area contributed by atoms with E-state index >= 15 is 0 Å². The van der Waals surface area contributed by atoms with Crippen LogP contribution in [0.4, 0.5) is 0 Å². The highest BCUT2D eigenvalue weighted by Crippen LogP contribution is 2.50. The molecule has 1 aliphatic carbocycles. The van der Waals surface area contributed by atoms with E-state index in [0.29, 0.717) is 32.5 Å². The normalized spacial score (nSPS) is 21.5. The van der Waals surface area contributed by atoms with Crippen LogP contribution in [0.15, 0.2) is 121 Å². The molecule has 1 saturated carbocycles. The van der Waals surface area contributed by atoms with Crippen molar-refractivity contribution in [1.29, 1.82) is 0 Å². The van der Waals surface area contributed by atoms with E-state index in [0.717, 1.165) is 28.7 Å². The Balaban J connectivity index is 1.18. The molecule has 1 aliphatic heterocycles. The van der Waals surface area contributed by atoms with Gasteiger partial charge < -0.3 is 28.3 Å². The first-order valence-corrected chi connectivity index (χ1v) is 15.1. The van der Waals surface area contributed by atoms with Gasteiger partial charge in [0.25, 0.3) is 0 Å². The summed E-state index contributed by atoms with van der Waals surface area (Å²) in [5, 5.41) is 0. The summed E-state index contributed by atoms with van der Waals surface area (Å²) in [6.07, 6.45) is -0.00202. The first-order chi connectivity index (χ1) is 21.3. The summed E-state index contributed by atoms with van der Waals surface area (Å²) >= 11 is 0. The van der Waals surface area contributed by atoms with E-state index in [1.165, 1.54) is 0 Å². The molecule has 0 bridgehead atoms. The average molecular weight is 579 g/mol. The van der Waals surface area contributed by atoms with Gasteiger partial charge in [-0.05, 0) is 40.4 Å². The molecule has 0 spiro atoms. The molecule has 43 heavy (non-hydrogen) atoms. The highest BCUT2D eigenvalue weighted by Gasteiger charge is 2.54. The van der Waals surface area contributed by atoms with Crippen LogP contribution in [0.3, 0.4) is 0 Å². The lowest BCUT2D eigenvalue weighted by Crippen LogP contribution is -2.33. The van der Waals surface area contributed by atoms with Gasteiger partial charge in [-0.2, -0.15) is 0 Å². The summed E-state index contributed by atoms with van der Waals surface area (Å²) in [4.78, 5) is 0. The second-order valence-electron chi connectivity index (χ2n) is 11.2. The monoisotopic (exact) mass is 578 g/mol. The van der Waals surface area contributed by atoms with Gasteiger partial charge in [0.1, 0.15) is 19.0 Å². The molecule has 0 amide bonds. The molecule has 4 aromatic rings. The molecule has 4 aromatic carbocycles. The lowest BCUT2D eigenvalue weighted by atomic mass is 9.81. The fraction of sp³-hybridized carbons (Fsp3) is 0.333. The Morgan fingerprint density at radius 3 is 1.37 bits per heavy atom. The Morgan fingerprint density at radius 1 is 0.605 bits per heavy atom. The number of methoxy groups -OCH3 is 1. The summed E-state index contributed by atoms with van der Waals surface area (Å²) < 4.78 is 37.2. The fourth-order valence-electron chi connectivity index (χ4n) is 5.79. The number of rotatable bonds is 15. The van der Waals surface area contributed by atoms with E-state index in [2.05, 4.69) is 48.5 Å². The zero-order valence-electron chi connectivity index (χ0n) is 24.6. The van der Waals surface area contributed by atoms with Crippen molar-refractivity contribution in [3.63, 3.8) is 0 Å². The van der Waals surface area contributed by atoms with Crippen LogP contribution >= 0.6 is 0 Å². The van der Waals surface area contributed by atoms with Gasteiger partial charge in [0.2, 0.25) is 0 Å². The van der Waals surface area contributed by atoms with Gasteiger partial charge in [-0.1, -0.05) is 121 Å². The Kier molecular flexibility index (Phi) is 10.3. The summed E-state index contributed by atoms with van der Waals surface area (Å²) in [6, 6.07) is 41.3. The molecule has 6 rings (SSSR count). The van der Waals surface area contributed by atoms with E-state index in [1.807, 2.05) is 72.8 Å². The van der Waals surface area contributed by atoms with Gasteiger partial charge in [0.15, 0.2) is 0 Å². The van der Waals surface area contributed by atoms with E-state index in [4.69, 9.17) is 28.3 Å². The molecule has 2 fully saturated rings. The minimum absolute atomic E-state index is 0.218. The maximum absolute atomic E-state index is 6.66. The van der Waals surface area contributed by atoms with Crippen molar-refractivity contribution in [2.45, 2.75) is 36.7 Å². The van der Waals surface area contributed by atoms with Crippen LogP contribution in [0.25, 0.3) is 0 Å². The third-order valence-electron chi connectivity index (χ3n) is 8.16. The van der Waals surface area contributed by atoms with E-state index in [9.17, 15) is 0 Å². The van der Waals surface area contributed by atoms with Crippen LogP contribution < -0.4 is 0 Å². The Bertz CT molecular complexity index is 1190. The summed E-state index contributed by atoms with van der Waals surface area (Å²) in [5.41, 5.74) is 4.40. The number of hydrogen-bond acceptors (Lipinski definition) is 6. The molecule has 4 atom stereocenters. The van der Waals surface area contributed by atoms with Crippen LogP contribution in [0.2, 0.25) is 5.82 Å². The average Bonchev–Trinajstić information content (AvgIpc) is 3.73. The molecule has 2 aliphatic rings. The minimum Gasteiger partial charge on any atom is -0.403 e.